The minimum absolute atomic E-state index is 0.177. The van der Waals surface area contributed by atoms with Gasteiger partial charge in [0.2, 0.25) is 0 Å². The van der Waals surface area contributed by atoms with E-state index in [0.717, 1.165) is 13.0 Å². The second-order valence-corrected chi connectivity index (χ2v) is 7.18. The third kappa shape index (κ3) is 15.0. The number of anilines is 1. The van der Waals surface area contributed by atoms with Gasteiger partial charge < -0.3 is 5.32 Å². The zero-order valence-electron chi connectivity index (χ0n) is 17.2. The van der Waals surface area contributed by atoms with Crippen LogP contribution >= 0.6 is 0 Å². The monoisotopic (exact) mass is 373 g/mol. The second-order valence-electron chi connectivity index (χ2n) is 7.18. The lowest BCUT2D eigenvalue weighted by molar-refractivity contribution is 0.252. The molecule has 0 aliphatic heterocycles. The van der Waals surface area contributed by atoms with Crippen molar-refractivity contribution in [1.29, 1.82) is 0 Å². The Hall–Kier alpha value is -1.84. The van der Waals surface area contributed by atoms with E-state index in [2.05, 4.69) is 34.7 Å². The molecule has 0 aliphatic rings. The van der Waals surface area contributed by atoms with Crippen LogP contribution in [0.2, 0.25) is 0 Å². The van der Waals surface area contributed by atoms with Crippen molar-refractivity contribution in [2.45, 2.75) is 90.4 Å². The Balaban J connectivity index is 1.81. The van der Waals surface area contributed by atoms with Gasteiger partial charge in [0, 0.05) is 12.7 Å². The fourth-order valence-corrected chi connectivity index (χ4v) is 2.99. The molecule has 27 heavy (non-hydrogen) atoms. The first-order valence-corrected chi connectivity index (χ1v) is 10.9. The Bertz CT molecular complexity index is 488. The summed E-state index contributed by atoms with van der Waals surface area (Å²) in [5, 5.41) is 5.60. The molecular weight excluding hydrogens is 334 g/mol. The highest BCUT2D eigenvalue weighted by atomic mass is 16.2. The maximum Gasteiger partial charge on any atom is 0.320 e. The molecule has 1 aromatic rings. The van der Waals surface area contributed by atoms with E-state index in [1.807, 2.05) is 12.1 Å². The molecule has 2 N–H and O–H groups in total. The number of hydrogen-bond acceptors (Lipinski definition) is 2. The van der Waals surface area contributed by atoms with E-state index < -0.39 is 0 Å². The van der Waals surface area contributed by atoms with Crippen LogP contribution in [-0.4, -0.2) is 17.6 Å². The molecule has 0 saturated carbocycles. The lowest BCUT2D eigenvalue weighted by atomic mass is 10.1. The summed E-state index contributed by atoms with van der Waals surface area (Å²) in [4.78, 5) is 15.8. The highest BCUT2D eigenvalue weighted by Gasteiger charge is 2.00. The first-order valence-electron chi connectivity index (χ1n) is 10.9. The van der Waals surface area contributed by atoms with Crippen LogP contribution in [0.4, 0.5) is 10.6 Å². The molecule has 4 nitrogen and oxygen atoms in total. The van der Waals surface area contributed by atoms with Crippen LogP contribution in [0, 0.1) is 0 Å². The maximum absolute atomic E-state index is 11.7. The van der Waals surface area contributed by atoms with Crippen LogP contribution in [-0.2, 0) is 0 Å². The predicted octanol–water partition coefficient (Wildman–Crippen LogP) is 6.85. The van der Waals surface area contributed by atoms with E-state index in [1.165, 1.54) is 77.0 Å². The number of hydrogen-bond donors (Lipinski definition) is 2. The van der Waals surface area contributed by atoms with Gasteiger partial charge in [0.1, 0.15) is 5.82 Å². The minimum atomic E-state index is -0.177. The van der Waals surface area contributed by atoms with Crippen molar-refractivity contribution in [3.63, 3.8) is 0 Å². The van der Waals surface area contributed by atoms with Crippen molar-refractivity contribution in [2.24, 2.45) is 0 Å². The topological polar surface area (TPSA) is 54.0 Å². The number of amides is 2. The molecule has 2 amide bonds. The fourth-order valence-electron chi connectivity index (χ4n) is 2.99. The van der Waals surface area contributed by atoms with E-state index in [9.17, 15) is 4.79 Å². The average molecular weight is 374 g/mol. The molecule has 152 valence electrons. The van der Waals surface area contributed by atoms with Gasteiger partial charge in [-0.25, -0.2) is 9.78 Å². The van der Waals surface area contributed by atoms with Gasteiger partial charge in [-0.15, -0.1) is 0 Å². The summed E-state index contributed by atoms with van der Waals surface area (Å²) in [6, 6.07) is 5.28. The van der Waals surface area contributed by atoms with Crippen molar-refractivity contribution in [3.8, 4) is 0 Å². The Labute approximate surface area is 166 Å². The van der Waals surface area contributed by atoms with Gasteiger partial charge in [-0.3, -0.25) is 5.32 Å². The number of urea groups is 1. The number of nitrogens with zero attached hydrogens (tertiary/aromatic N) is 1. The van der Waals surface area contributed by atoms with Gasteiger partial charge in [0.15, 0.2) is 0 Å². The summed E-state index contributed by atoms with van der Waals surface area (Å²) >= 11 is 0. The number of carbonyl (C=O) groups excluding carboxylic acids is 1. The summed E-state index contributed by atoms with van der Waals surface area (Å²) in [6.45, 7) is 2.99. The number of aromatic nitrogens is 1. The average Bonchev–Trinajstić information content (AvgIpc) is 2.68. The number of carbonyl (C=O) groups is 1. The van der Waals surface area contributed by atoms with E-state index in [-0.39, 0.29) is 6.03 Å². The molecule has 0 aromatic carbocycles. The van der Waals surface area contributed by atoms with Crippen LogP contribution in [0.1, 0.15) is 90.4 Å². The van der Waals surface area contributed by atoms with Crippen molar-refractivity contribution in [3.05, 3.63) is 36.5 Å². The van der Waals surface area contributed by atoms with Crippen molar-refractivity contribution >= 4 is 11.8 Å². The Morgan fingerprint density at radius 2 is 1.52 bits per heavy atom. The van der Waals surface area contributed by atoms with Gasteiger partial charge in [-0.2, -0.15) is 0 Å². The normalized spacial score (nSPS) is 11.0. The molecule has 0 radical (unpaired) electrons. The highest BCUT2D eigenvalue weighted by Crippen LogP contribution is 2.09. The van der Waals surface area contributed by atoms with Crippen LogP contribution in [0.3, 0.4) is 0 Å². The number of allylic oxidation sites excluding steroid dienone is 2. The molecule has 1 heterocycles. The van der Waals surface area contributed by atoms with Crippen LogP contribution in [0.25, 0.3) is 0 Å². The van der Waals surface area contributed by atoms with Gasteiger partial charge >= 0.3 is 6.03 Å². The molecule has 0 unspecified atom stereocenters. The number of rotatable bonds is 16. The Morgan fingerprint density at radius 3 is 2.15 bits per heavy atom. The molecule has 1 aromatic heterocycles. The predicted molar refractivity (Wildman–Crippen MR) is 116 cm³/mol. The second kappa shape index (κ2) is 17.6. The number of pyridine rings is 1. The summed E-state index contributed by atoms with van der Waals surface area (Å²) in [5.41, 5.74) is 0. The van der Waals surface area contributed by atoms with Gasteiger partial charge in [-0.1, -0.05) is 76.5 Å². The quantitative estimate of drug-likeness (QED) is 0.246. The van der Waals surface area contributed by atoms with Gasteiger partial charge in [-0.05, 0) is 44.2 Å². The minimum Gasteiger partial charge on any atom is -0.338 e. The van der Waals surface area contributed by atoms with E-state index in [0.29, 0.717) is 5.82 Å². The Kier molecular flexibility index (Phi) is 15.1. The molecule has 0 aliphatic carbocycles. The van der Waals surface area contributed by atoms with E-state index >= 15 is 0 Å². The zero-order chi connectivity index (χ0) is 19.4. The van der Waals surface area contributed by atoms with E-state index in [4.69, 9.17) is 0 Å². The zero-order valence-corrected chi connectivity index (χ0v) is 17.2. The molecule has 0 fully saturated rings. The fraction of sp³-hybridized carbons (Fsp3) is 0.652. The summed E-state index contributed by atoms with van der Waals surface area (Å²) < 4.78 is 0. The molecule has 0 saturated heterocycles. The molecule has 4 heteroatoms. The van der Waals surface area contributed by atoms with Crippen molar-refractivity contribution in [1.82, 2.24) is 10.3 Å². The molecule has 1 rings (SSSR count). The standard InChI is InChI=1S/C23H39N3O/c1-2-3-4-5-6-7-8-9-10-11-12-13-14-15-17-21-25-23(27)26-22-19-16-18-20-24-22/h9-10,16,18-20H,2-8,11-15,17,21H2,1H3,(H2,24,25,26,27)/b10-9-. The van der Waals surface area contributed by atoms with Crippen LogP contribution in [0.15, 0.2) is 36.5 Å². The first-order chi connectivity index (χ1) is 13.3. The molecule has 0 bridgehead atoms. The largest absolute Gasteiger partial charge is 0.338 e. The third-order valence-electron chi connectivity index (χ3n) is 4.63. The summed E-state index contributed by atoms with van der Waals surface area (Å²) in [7, 11) is 0. The molecular formula is C23H39N3O. The van der Waals surface area contributed by atoms with Crippen molar-refractivity contribution < 1.29 is 4.79 Å². The maximum atomic E-state index is 11.7. The Morgan fingerprint density at radius 1 is 0.889 bits per heavy atom. The van der Waals surface area contributed by atoms with Gasteiger partial charge in [0.05, 0.1) is 0 Å². The number of unbranched alkanes of at least 4 members (excludes halogenated alkanes) is 11. The van der Waals surface area contributed by atoms with Crippen LogP contribution < -0.4 is 10.6 Å². The summed E-state index contributed by atoms with van der Waals surface area (Å²) in [6.07, 6.45) is 23.1. The highest BCUT2D eigenvalue weighted by molar-refractivity contribution is 5.88. The molecule has 0 spiro atoms. The van der Waals surface area contributed by atoms with Crippen molar-refractivity contribution in [2.75, 3.05) is 11.9 Å². The van der Waals surface area contributed by atoms with E-state index in [1.54, 1.807) is 12.3 Å². The first kappa shape index (κ1) is 23.2. The molecule has 0 atom stereocenters. The SMILES string of the molecule is CCCCCCCC/C=C\CCCCCCCNC(=O)Nc1ccccn1. The smallest absolute Gasteiger partial charge is 0.320 e. The third-order valence-corrected chi connectivity index (χ3v) is 4.63. The lowest BCUT2D eigenvalue weighted by Gasteiger charge is -2.06. The van der Waals surface area contributed by atoms with Gasteiger partial charge in [0.25, 0.3) is 0 Å². The number of nitrogens with one attached hydrogen (secondary N) is 2. The van der Waals surface area contributed by atoms with Crippen LogP contribution in [0.5, 0.6) is 0 Å². The summed E-state index contributed by atoms with van der Waals surface area (Å²) in [5.74, 6) is 0.583. The lowest BCUT2D eigenvalue weighted by Crippen LogP contribution is -2.29.